The highest BCUT2D eigenvalue weighted by atomic mass is 35.5. The van der Waals surface area contributed by atoms with E-state index in [1.54, 1.807) is 43.6 Å². The standard InChI is InChI=1S/C16H13ClN4O2S/c1-10(23-13-6-4-12(17)5-7-13)14(22)19-16-21-20-15(24-16)11-3-2-8-18-9-11/h2-10H,1H3,(H,19,21,22). The van der Waals surface area contributed by atoms with Crippen molar-refractivity contribution >= 4 is 34.0 Å². The highest BCUT2D eigenvalue weighted by Gasteiger charge is 2.17. The van der Waals surface area contributed by atoms with Gasteiger partial charge in [0.05, 0.1) is 0 Å². The number of amides is 1. The maximum Gasteiger partial charge on any atom is 0.266 e. The third-order valence-corrected chi connectivity index (χ3v) is 4.20. The molecule has 3 rings (SSSR count). The van der Waals surface area contributed by atoms with Gasteiger partial charge in [-0.05, 0) is 43.3 Å². The molecule has 122 valence electrons. The third kappa shape index (κ3) is 4.06. The molecule has 2 aromatic heterocycles. The zero-order valence-electron chi connectivity index (χ0n) is 12.6. The van der Waals surface area contributed by atoms with Crippen molar-refractivity contribution in [2.75, 3.05) is 5.32 Å². The number of rotatable bonds is 5. The number of nitrogens with one attached hydrogen (secondary N) is 1. The van der Waals surface area contributed by atoms with E-state index in [0.29, 0.717) is 20.9 Å². The van der Waals surface area contributed by atoms with E-state index in [4.69, 9.17) is 16.3 Å². The predicted molar refractivity (Wildman–Crippen MR) is 93.3 cm³/mol. The summed E-state index contributed by atoms with van der Waals surface area (Å²) >= 11 is 7.09. The number of pyridine rings is 1. The first-order valence-electron chi connectivity index (χ1n) is 7.09. The fraction of sp³-hybridized carbons (Fsp3) is 0.125. The summed E-state index contributed by atoms with van der Waals surface area (Å²) in [7, 11) is 0. The van der Waals surface area contributed by atoms with Gasteiger partial charge >= 0.3 is 0 Å². The Balaban J connectivity index is 1.62. The SMILES string of the molecule is CC(Oc1ccc(Cl)cc1)C(=O)Nc1nnc(-c2cccnc2)s1. The summed E-state index contributed by atoms with van der Waals surface area (Å²) in [6, 6.07) is 10.5. The molecule has 8 heteroatoms. The Kier molecular flexibility index (Phi) is 5.02. The number of aromatic nitrogens is 3. The van der Waals surface area contributed by atoms with Crippen molar-refractivity contribution < 1.29 is 9.53 Å². The molecule has 0 saturated heterocycles. The van der Waals surface area contributed by atoms with Crippen LogP contribution in [-0.4, -0.2) is 27.2 Å². The molecule has 0 saturated carbocycles. The third-order valence-electron chi connectivity index (χ3n) is 3.06. The number of halogens is 1. The predicted octanol–water partition coefficient (Wildman–Crippen LogP) is 3.66. The number of nitrogens with zero attached hydrogens (tertiary/aromatic N) is 3. The van der Waals surface area contributed by atoms with Crippen LogP contribution in [-0.2, 0) is 4.79 Å². The van der Waals surface area contributed by atoms with Crippen LogP contribution in [0.3, 0.4) is 0 Å². The minimum Gasteiger partial charge on any atom is -0.481 e. The van der Waals surface area contributed by atoms with Crippen LogP contribution in [0, 0.1) is 0 Å². The van der Waals surface area contributed by atoms with E-state index < -0.39 is 6.10 Å². The highest BCUT2D eigenvalue weighted by Crippen LogP contribution is 2.25. The van der Waals surface area contributed by atoms with Gasteiger partial charge in [0.15, 0.2) is 11.1 Å². The van der Waals surface area contributed by atoms with Crippen molar-refractivity contribution in [3.05, 3.63) is 53.8 Å². The highest BCUT2D eigenvalue weighted by molar-refractivity contribution is 7.18. The lowest BCUT2D eigenvalue weighted by molar-refractivity contribution is -0.122. The Morgan fingerprint density at radius 2 is 2.04 bits per heavy atom. The fourth-order valence-electron chi connectivity index (χ4n) is 1.86. The first-order valence-corrected chi connectivity index (χ1v) is 8.28. The zero-order chi connectivity index (χ0) is 16.9. The second-order valence-electron chi connectivity index (χ2n) is 4.86. The molecule has 0 aliphatic rings. The number of carbonyl (C=O) groups excluding carboxylic acids is 1. The summed E-state index contributed by atoms with van der Waals surface area (Å²) in [5.74, 6) is 0.259. The molecule has 0 radical (unpaired) electrons. The Bertz CT molecular complexity index is 824. The largest absolute Gasteiger partial charge is 0.481 e. The van der Waals surface area contributed by atoms with E-state index in [9.17, 15) is 4.79 Å². The normalized spacial score (nSPS) is 11.8. The quantitative estimate of drug-likeness (QED) is 0.751. The Hall–Kier alpha value is -2.51. The maximum absolute atomic E-state index is 12.2. The number of hydrogen-bond acceptors (Lipinski definition) is 6. The summed E-state index contributed by atoms with van der Waals surface area (Å²) in [6.07, 6.45) is 2.69. The molecule has 0 bridgehead atoms. The molecule has 0 aliphatic heterocycles. The average Bonchev–Trinajstić information content (AvgIpc) is 3.06. The second-order valence-corrected chi connectivity index (χ2v) is 6.27. The Labute approximate surface area is 147 Å². The van der Waals surface area contributed by atoms with E-state index in [1.807, 2.05) is 12.1 Å². The molecular formula is C16H13ClN4O2S. The molecule has 1 amide bonds. The van der Waals surface area contributed by atoms with E-state index in [2.05, 4.69) is 20.5 Å². The summed E-state index contributed by atoms with van der Waals surface area (Å²) in [5.41, 5.74) is 0.848. The maximum atomic E-state index is 12.2. The van der Waals surface area contributed by atoms with Crippen LogP contribution in [0.15, 0.2) is 48.8 Å². The lowest BCUT2D eigenvalue weighted by atomic mass is 10.3. The number of ether oxygens (including phenoxy) is 1. The summed E-state index contributed by atoms with van der Waals surface area (Å²) < 4.78 is 5.57. The monoisotopic (exact) mass is 360 g/mol. The molecular weight excluding hydrogens is 348 g/mol. The summed E-state index contributed by atoms with van der Waals surface area (Å²) in [5, 5.41) is 12.4. The molecule has 0 spiro atoms. The Morgan fingerprint density at radius 1 is 1.25 bits per heavy atom. The molecule has 1 aromatic carbocycles. The van der Waals surface area contributed by atoms with Crippen molar-refractivity contribution in [3.63, 3.8) is 0 Å². The van der Waals surface area contributed by atoms with E-state index >= 15 is 0 Å². The zero-order valence-corrected chi connectivity index (χ0v) is 14.2. The van der Waals surface area contributed by atoms with Crippen LogP contribution in [0.5, 0.6) is 5.75 Å². The minimum absolute atomic E-state index is 0.307. The molecule has 3 aromatic rings. The van der Waals surface area contributed by atoms with Crippen LogP contribution in [0.25, 0.3) is 10.6 Å². The fourth-order valence-corrected chi connectivity index (χ4v) is 2.72. The van der Waals surface area contributed by atoms with Gasteiger partial charge in [-0.2, -0.15) is 0 Å². The number of anilines is 1. The van der Waals surface area contributed by atoms with E-state index in [-0.39, 0.29) is 5.91 Å². The van der Waals surface area contributed by atoms with Gasteiger partial charge < -0.3 is 4.74 Å². The van der Waals surface area contributed by atoms with Crippen molar-refractivity contribution in [3.8, 4) is 16.3 Å². The van der Waals surface area contributed by atoms with Crippen molar-refractivity contribution in [2.24, 2.45) is 0 Å². The van der Waals surface area contributed by atoms with Gasteiger partial charge in [0.25, 0.3) is 5.91 Å². The molecule has 1 N–H and O–H groups in total. The molecule has 6 nitrogen and oxygen atoms in total. The van der Waals surface area contributed by atoms with Crippen LogP contribution in [0.2, 0.25) is 5.02 Å². The van der Waals surface area contributed by atoms with Crippen molar-refractivity contribution in [1.82, 2.24) is 15.2 Å². The van der Waals surface area contributed by atoms with Gasteiger partial charge in [-0.3, -0.25) is 15.1 Å². The van der Waals surface area contributed by atoms with Crippen LogP contribution >= 0.6 is 22.9 Å². The first-order chi connectivity index (χ1) is 11.6. The van der Waals surface area contributed by atoms with E-state index in [0.717, 1.165) is 5.56 Å². The average molecular weight is 361 g/mol. The summed E-state index contributed by atoms with van der Waals surface area (Å²) in [6.45, 7) is 1.66. The van der Waals surface area contributed by atoms with Crippen molar-refractivity contribution in [1.29, 1.82) is 0 Å². The van der Waals surface area contributed by atoms with Crippen LogP contribution in [0.4, 0.5) is 5.13 Å². The smallest absolute Gasteiger partial charge is 0.266 e. The minimum atomic E-state index is -0.683. The molecule has 2 heterocycles. The topological polar surface area (TPSA) is 77.0 Å². The molecule has 24 heavy (non-hydrogen) atoms. The first kappa shape index (κ1) is 16.4. The van der Waals surface area contributed by atoms with Gasteiger partial charge in [-0.15, -0.1) is 10.2 Å². The lowest BCUT2D eigenvalue weighted by Crippen LogP contribution is -2.30. The number of benzene rings is 1. The molecule has 0 fully saturated rings. The molecule has 0 aliphatic carbocycles. The Morgan fingerprint density at radius 3 is 2.75 bits per heavy atom. The lowest BCUT2D eigenvalue weighted by Gasteiger charge is -2.13. The van der Waals surface area contributed by atoms with E-state index in [1.165, 1.54) is 11.3 Å². The van der Waals surface area contributed by atoms with Crippen molar-refractivity contribution in [2.45, 2.75) is 13.0 Å². The van der Waals surface area contributed by atoms with Crippen LogP contribution in [0.1, 0.15) is 6.92 Å². The molecule has 1 unspecified atom stereocenters. The summed E-state index contributed by atoms with van der Waals surface area (Å²) in [4.78, 5) is 16.2. The van der Waals surface area contributed by atoms with Crippen LogP contribution < -0.4 is 10.1 Å². The number of hydrogen-bond donors (Lipinski definition) is 1. The van der Waals surface area contributed by atoms with Gasteiger partial charge in [0, 0.05) is 23.0 Å². The van der Waals surface area contributed by atoms with Gasteiger partial charge in [-0.25, -0.2) is 0 Å². The van der Waals surface area contributed by atoms with Gasteiger partial charge in [0.2, 0.25) is 5.13 Å². The number of carbonyl (C=O) groups is 1. The molecule has 1 atom stereocenters. The van der Waals surface area contributed by atoms with Gasteiger partial charge in [-0.1, -0.05) is 22.9 Å². The van der Waals surface area contributed by atoms with Gasteiger partial charge in [0.1, 0.15) is 5.75 Å². The second kappa shape index (κ2) is 7.37.